The number of allylic oxidation sites excluding steroid dienone is 4. The Hall–Kier alpha value is -0.740. The fourth-order valence-electron chi connectivity index (χ4n) is 2.46. The molecular formula is C18H31NO2S. The average Bonchev–Trinajstić information content (AvgIpc) is 2.53. The van der Waals surface area contributed by atoms with Crippen molar-refractivity contribution in [3.8, 4) is 0 Å². The molecule has 0 saturated heterocycles. The van der Waals surface area contributed by atoms with Crippen LogP contribution < -0.4 is 5.73 Å². The maximum absolute atomic E-state index is 10.6. The highest BCUT2D eigenvalue weighted by Crippen LogP contribution is 2.21. The Morgan fingerprint density at radius 2 is 2.14 bits per heavy atom. The molecule has 1 unspecified atom stereocenters. The van der Waals surface area contributed by atoms with Gasteiger partial charge >= 0.3 is 0 Å². The number of hydrogen-bond acceptors (Lipinski definition) is 3. The highest BCUT2D eigenvalue weighted by molar-refractivity contribution is 7.99. The summed E-state index contributed by atoms with van der Waals surface area (Å²) in [5.74, 6) is 2.35. The quantitative estimate of drug-likeness (QED) is 0.402. The van der Waals surface area contributed by atoms with E-state index < -0.39 is 0 Å². The van der Waals surface area contributed by atoms with Gasteiger partial charge in [0.25, 0.3) is 0 Å². The third-order valence-electron chi connectivity index (χ3n) is 3.92. The molecule has 0 fully saturated rings. The first-order valence-electron chi connectivity index (χ1n) is 8.50. The van der Waals surface area contributed by atoms with Gasteiger partial charge in [-0.25, -0.2) is 0 Å². The Kier molecular flexibility index (Phi) is 11.2. The van der Waals surface area contributed by atoms with Crippen LogP contribution in [0, 0.1) is 5.92 Å². The summed E-state index contributed by atoms with van der Waals surface area (Å²) in [4.78, 5) is 10.6. The zero-order valence-electron chi connectivity index (χ0n) is 13.9. The van der Waals surface area contributed by atoms with Gasteiger partial charge < -0.3 is 10.5 Å². The molecule has 0 saturated carbocycles. The summed E-state index contributed by atoms with van der Waals surface area (Å²) in [6, 6.07) is 0. The number of primary amides is 1. The number of carbonyl (C=O) groups excluding carboxylic acids is 1. The van der Waals surface area contributed by atoms with E-state index in [9.17, 15) is 4.79 Å². The van der Waals surface area contributed by atoms with Crippen molar-refractivity contribution in [3.05, 3.63) is 23.8 Å². The van der Waals surface area contributed by atoms with Crippen LogP contribution in [0.15, 0.2) is 23.8 Å². The fraction of sp³-hybridized carbons (Fsp3) is 0.722. The van der Waals surface area contributed by atoms with Crippen molar-refractivity contribution in [1.29, 1.82) is 0 Å². The highest BCUT2D eigenvalue weighted by Gasteiger charge is 2.07. The minimum Gasteiger partial charge on any atom is -0.371 e. The van der Waals surface area contributed by atoms with Gasteiger partial charge in [0.15, 0.2) is 0 Å². The Morgan fingerprint density at radius 1 is 1.32 bits per heavy atom. The Labute approximate surface area is 139 Å². The van der Waals surface area contributed by atoms with E-state index in [0.717, 1.165) is 37.6 Å². The molecule has 1 rings (SSSR count). The number of unbranched alkanes of at least 4 members (excludes halogenated alkanes) is 3. The summed E-state index contributed by atoms with van der Waals surface area (Å²) in [6.45, 7) is 3.13. The Morgan fingerprint density at radius 3 is 2.86 bits per heavy atom. The lowest BCUT2D eigenvalue weighted by Crippen LogP contribution is -2.09. The summed E-state index contributed by atoms with van der Waals surface area (Å²) >= 11 is 1.86. The van der Waals surface area contributed by atoms with E-state index in [1.807, 2.05) is 11.8 Å². The number of amides is 1. The van der Waals surface area contributed by atoms with E-state index in [1.54, 1.807) is 0 Å². The average molecular weight is 326 g/mol. The zero-order valence-corrected chi connectivity index (χ0v) is 14.7. The molecular weight excluding hydrogens is 294 g/mol. The molecule has 0 bridgehead atoms. The molecule has 2 N–H and O–H groups in total. The largest absolute Gasteiger partial charge is 0.371 e. The Balaban J connectivity index is 1.84. The van der Waals surface area contributed by atoms with Gasteiger partial charge in [0.05, 0.1) is 5.94 Å². The maximum atomic E-state index is 10.6. The van der Waals surface area contributed by atoms with Crippen molar-refractivity contribution in [2.24, 2.45) is 11.7 Å². The molecule has 0 aromatic heterocycles. The van der Waals surface area contributed by atoms with E-state index in [4.69, 9.17) is 10.5 Å². The molecule has 0 aromatic carbocycles. The van der Waals surface area contributed by atoms with Crippen LogP contribution >= 0.6 is 11.8 Å². The first kappa shape index (κ1) is 19.3. The number of carbonyl (C=O) groups is 1. The number of hydrogen-bond donors (Lipinski definition) is 1. The molecule has 4 heteroatoms. The summed E-state index contributed by atoms with van der Waals surface area (Å²) < 4.78 is 5.70. The van der Waals surface area contributed by atoms with E-state index in [-0.39, 0.29) is 5.91 Å². The van der Waals surface area contributed by atoms with Gasteiger partial charge in [-0.2, -0.15) is 0 Å². The molecule has 0 heterocycles. The van der Waals surface area contributed by atoms with Gasteiger partial charge in [0, 0.05) is 13.0 Å². The van der Waals surface area contributed by atoms with E-state index in [1.165, 1.54) is 31.3 Å². The predicted octanol–water partition coefficient (Wildman–Crippen LogP) is 4.43. The second-order valence-electron chi connectivity index (χ2n) is 5.94. The minimum absolute atomic E-state index is 0.184. The van der Waals surface area contributed by atoms with Gasteiger partial charge in [-0.1, -0.05) is 38.0 Å². The van der Waals surface area contributed by atoms with Crippen LogP contribution in [-0.4, -0.2) is 24.2 Å². The van der Waals surface area contributed by atoms with Gasteiger partial charge in [-0.05, 0) is 49.3 Å². The summed E-state index contributed by atoms with van der Waals surface area (Å²) in [6.07, 6.45) is 15.3. The second-order valence-corrected chi connectivity index (χ2v) is 6.99. The third-order valence-corrected chi connectivity index (χ3v) is 4.83. The van der Waals surface area contributed by atoms with Crippen LogP contribution in [0.2, 0.25) is 0 Å². The predicted molar refractivity (Wildman–Crippen MR) is 95.8 cm³/mol. The van der Waals surface area contributed by atoms with Gasteiger partial charge in [0.2, 0.25) is 5.91 Å². The van der Waals surface area contributed by atoms with Crippen molar-refractivity contribution < 1.29 is 9.53 Å². The normalized spacial score (nSPS) is 15.6. The SMILES string of the molecule is CC(CCOCSCCCCCCC(N)=O)C1=CCCC=C1. The van der Waals surface area contributed by atoms with E-state index in [2.05, 4.69) is 25.2 Å². The summed E-state index contributed by atoms with van der Waals surface area (Å²) in [5, 5.41) is 0. The first-order valence-corrected chi connectivity index (χ1v) is 9.66. The molecule has 1 atom stereocenters. The van der Waals surface area contributed by atoms with E-state index in [0.29, 0.717) is 12.3 Å². The fourth-order valence-corrected chi connectivity index (χ4v) is 3.22. The van der Waals surface area contributed by atoms with Crippen LogP contribution in [0.25, 0.3) is 0 Å². The van der Waals surface area contributed by atoms with Crippen LogP contribution in [0.4, 0.5) is 0 Å². The van der Waals surface area contributed by atoms with Crippen LogP contribution in [-0.2, 0) is 9.53 Å². The van der Waals surface area contributed by atoms with Crippen LogP contribution in [0.3, 0.4) is 0 Å². The molecule has 126 valence electrons. The standard InChI is InChI=1S/C18H31NO2S/c1-16(17-9-5-4-6-10-17)12-13-21-15-22-14-8-3-2-7-11-18(19)20/h5,9-10,16H,2-4,6-8,11-15H2,1H3,(H2,19,20). The smallest absolute Gasteiger partial charge is 0.217 e. The van der Waals surface area contributed by atoms with Crippen molar-refractivity contribution >= 4 is 17.7 Å². The first-order chi connectivity index (χ1) is 10.7. The molecule has 22 heavy (non-hydrogen) atoms. The van der Waals surface area contributed by atoms with Crippen molar-refractivity contribution in [2.75, 3.05) is 18.3 Å². The number of ether oxygens (including phenoxy) is 1. The monoisotopic (exact) mass is 325 g/mol. The molecule has 0 aliphatic heterocycles. The molecule has 1 aliphatic rings. The topological polar surface area (TPSA) is 52.3 Å². The molecule has 1 aliphatic carbocycles. The van der Waals surface area contributed by atoms with Gasteiger partial charge in [-0.3, -0.25) is 4.79 Å². The maximum Gasteiger partial charge on any atom is 0.217 e. The molecule has 0 spiro atoms. The Bertz CT molecular complexity index is 366. The molecule has 3 nitrogen and oxygen atoms in total. The molecule has 0 aromatic rings. The van der Waals surface area contributed by atoms with Crippen LogP contribution in [0.1, 0.15) is 58.3 Å². The van der Waals surface area contributed by atoms with Crippen molar-refractivity contribution in [2.45, 2.75) is 58.3 Å². The zero-order chi connectivity index (χ0) is 16.0. The van der Waals surface area contributed by atoms with Crippen molar-refractivity contribution in [3.63, 3.8) is 0 Å². The second kappa shape index (κ2) is 12.8. The molecule has 0 radical (unpaired) electrons. The third kappa shape index (κ3) is 10.1. The number of nitrogens with two attached hydrogens (primary N) is 1. The van der Waals surface area contributed by atoms with Gasteiger partial charge in [-0.15, -0.1) is 11.8 Å². The number of thioether (sulfide) groups is 1. The van der Waals surface area contributed by atoms with Crippen LogP contribution in [0.5, 0.6) is 0 Å². The lowest BCUT2D eigenvalue weighted by molar-refractivity contribution is -0.118. The number of rotatable bonds is 13. The van der Waals surface area contributed by atoms with Gasteiger partial charge in [0.1, 0.15) is 0 Å². The lowest BCUT2D eigenvalue weighted by atomic mass is 9.93. The lowest BCUT2D eigenvalue weighted by Gasteiger charge is -2.15. The molecule has 1 amide bonds. The highest BCUT2D eigenvalue weighted by atomic mass is 32.2. The van der Waals surface area contributed by atoms with Crippen molar-refractivity contribution in [1.82, 2.24) is 0 Å². The summed E-state index contributed by atoms with van der Waals surface area (Å²) in [5.41, 5.74) is 6.57. The van der Waals surface area contributed by atoms with E-state index >= 15 is 0 Å². The summed E-state index contributed by atoms with van der Waals surface area (Å²) in [7, 11) is 0. The minimum atomic E-state index is -0.184.